The highest BCUT2D eigenvalue weighted by Gasteiger charge is 2.31. The number of carbonyl (C=O) groups excluding carboxylic acids is 1. The summed E-state index contributed by atoms with van der Waals surface area (Å²) >= 11 is 0. The topological polar surface area (TPSA) is 124 Å². The smallest absolute Gasteiger partial charge is 0.370 e. The van der Waals surface area contributed by atoms with Crippen molar-refractivity contribution in [1.82, 2.24) is 24.7 Å². The van der Waals surface area contributed by atoms with Gasteiger partial charge in [-0.25, -0.2) is 9.97 Å². The van der Waals surface area contributed by atoms with Crippen molar-refractivity contribution in [3.8, 4) is 0 Å². The van der Waals surface area contributed by atoms with Gasteiger partial charge in [-0.15, -0.1) is 0 Å². The lowest BCUT2D eigenvalue weighted by atomic mass is 10.1. The molecule has 1 atom stereocenters. The van der Waals surface area contributed by atoms with Crippen molar-refractivity contribution in [1.29, 1.82) is 0 Å². The maximum Gasteiger partial charge on any atom is 0.411 e. The highest BCUT2D eigenvalue weighted by atomic mass is 19.4. The number of nitrogens with zero attached hydrogens (tertiary/aromatic N) is 6. The number of halogens is 3. The molecular formula is C23H29F3N8O2. The average molecular weight is 507 g/mol. The Morgan fingerprint density at radius 2 is 2.08 bits per heavy atom. The van der Waals surface area contributed by atoms with Crippen molar-refractivity contribution in [2.75, 3.05) is 36.5 Å². The number of alkyl halides is 3. The Morgan fingerprint density at radius 3 is 2.69 bits per heavy atom. The van der Waals surface area contributed by atoms with Crippen molar-refractivity contribution < 1.29 is 22.7 Å². The van der Waals surface area contributed by atoms with Gasteiger partial charge in [0.05, 0.1) is 24.8 Å². The Bertz CT molecular complexity index is 1230. The van der Waals surface area contributed by atoms with Gasteiger partial charge in [-0.3, -0.25) is 9.48 Å². The van der Waals surface area contributed by atoms with E-state index < -0.39 is 12.8 Å². The maximum atomic E-state index is 12.5. The zero-order chi connectivity index (χ0) is 26.0. The summed E-state index contributed by atoms with van der Waals surface area (Å²) in [4.78, 5) is 27.5. The number of anilines is 3. The van der Waals surface area contributed by atoms with Gasteiger partial charge in [-0.1, -0.05) is 19.9 Å². The van der Waals surface area contributed by atoms with E-state index in [1.165, 1.54) is 0 Å². The van der Waals surface area contributed by atoms with E-state index in [4.69, 9.17) is 20.4 Å². The molecule has 1 aliphatic rings. The van der Waals surface area contributed by atoms with Crippen molar-refractivity contribution in [3.63, 3.8) is 0 Å². The number of hydrogen-bond acceptors (Lipinski definition) is 8. The summed E-state index contributed by atoms with van der Waals surface area (Å²) in [6.07, 6.45) is -2.09. The van der Waals surface area contributed by atoms with E-state index in [9.17, 15) is 18.0 Å². The Balaban J connectivity index is 1.75. The molecule has 194 valence electrons. The van der Waals surface area contributed by atoms with Crippen LogP contribution in [0, 0.1) is 12.8 Å². The molecule has 36 heavy (non-hydrogen) atoms. The van der Waals surface area contributed by atoms with Crippen LogP contribution in [0.3, 0.4) is 0 Å². The molecular weight excluding hydrogens is 477 g/mol. The molecule has 0 radical (unpaired) electrons. The molecule has 4 heterocycles. The quantitative estimate of drug-likeness (QED) is 0.424. The Morgan fingerprint density at radius 1 is 1.31 bits per heavy atom. The van der Waals surface area contributed by atoms with E-state index in [0.29, 0.717) is 53.8 Å². The molecule has 0 saturated carbocycles. The van der Waals surface area contributed by atoms with Crippen LogP contribution in [0.1, 0.15) is 37.4 Å². The van der Waals surface area contributed by atoms with Gasteiger partial charge in [0.1, 0.15) is 23.5 Å². The molecule has 10 nitrogen and oxygen atoms in total. The lowest BCUT2D eigenvalue weighted by Crippen LogP contribution is -2.28. The number of fused-ring (bicyclic) bond motifs is 1. The number of nitrogens with two attached hydrogens (primary N) is 1. The van der Waals surface area contributed by atoms with Crippen LogP contribution in [-0.2, 0) is 16.1 Å². The fourth-order valence-corrected chi connectivity index (χ4v) is 4.05. The van der Waals surface area contributed by atoms with Crippen LogP contribution < -0.4 is 16.0 Å². The Kier molecular flexibility index (Phi) is 7.29. The fraction of sp³-hybridized carbons (Fsp3) is 0.522. The average Bonchev–Trinajstić information content (AvgIpc) is 3.43. The van der Waals surface area contributed by atoms with Crippen molar-refractivity contribution in [3.05, 3.63) is 29.6 Å². The number of primary amides is 1. The van der Waals surface area contributed by atoms with Crippen LogP contribution in [0.2, 0.25) is 0 Å². The number of hydrogen-bond donors (Lipinski definition) is 2. The van der Waals surface area contributed by atoms with Gasteiger partial charge in [-0.05, 0) is 30.9 Å². The first kappa shape index (κ1) is 25.6. The van der Waals surface area contributed by atoms with Crippen LogP contribution in [0.4, 0.5) is 30.8 Å². The number of rotatable bonds is 9. The predicted octanol–water partition coefficient (Wildman–Crippen LogP) is 3.29. The third-order valence-electron chi connectivity index (χ3n) is 5.89. The molecule has 1 fully saturated rings. The second-order valence-corrected chi connectivity index (χ2v) is 9.18. The molecule has 4 rings (SSSR count). The molecule has 3 N–H and O–H groups in total. The van der Waals surface area contributed by atoms with E-state index in [-0.39, 0.29) is 30.9 Å². The largest absolute Gasteiger partial charge is 0.411 e. The summed E-state index contributed by atoms with van der Waals surface area (Å²) in [6, 6.07) is 3.70. The Hall–Kier alpha value is -3.48. The van der Waals surface area contributed by atoms with Crippen LogP contribution in [0.5, 0.6) is 0 Å². The highest BCUT2D eigenvalue weighted by Crippen LogP contribution is 2.32. The molecule has 3 aromatic rings. The minimum atomic E-state index is -4.41. The van der Waals surface area contributed by atoms with Gasteiger partial charge in [-0.2, -0.15) is 23.3 Å². The van der Waals surface area contributed by atoms with Crippen molar-refractivity contribution in [2.45, 2.75) is 45.8 Å². The van der Waals surface area contributed by atoms with Crippen LogP contribution in [-0.4, -0.2) is 63.1 Å². The number of aromatic nitrogens is 5. The fourth-order valence-electron chi connectivity index (χ4n) is 4.05. The normalized spacial score (nSPS) is 16.3. The summed E-state index contributed by atoms with van der Waals surface area (Å²) in [5, 5.41) is 7.87. The lowest BCUT2D eigenvalue weighted by Gasteiger charge is -2.18. The third kappa shape index (κ3) is 5.83. The van der Waals surface area contributed by atoms with Gasteiger partial charge < -0.3 is 20.7 Å². The predicted molar refractivity (Wildman–Crippen MR) is 128 cm³/mol. The first-order valence-corrected chi connectivity index (χ1v) is 11.7. The first-order chi connectivity index (χ1) is 17.0. The van der Waals surface area contributed by atoms with E-state index >= 15 is 0 Å². The molecule has 1 aliphatic heterocycles. The number of nitrogens with one attached hydrogen (secondary N) is 1. The number of amides is 1. The second-order valence-electron chi connectivity index (χ2n) is 9.18. The van der Waals surface area contributed by atoms with Gasteiger partial charge in [0.25, 0.3) is 0 Å². The zero-order valence-electron chi connectivity index (χ0n) is 20.3. The number of ether oxygens (including phenoxy) is 1. The van der Waals surface area contributed by atoms with Gasteiger partial charge in [0.15, 0.2) is 5.82 Å². The van der Waals surface area contributed by atoms with Gasteiger partial charge >= 0.3 is 6.18 Å². The van der Waals surface area contributed by atoms with E-state index in [1.807, 2.05) is 31.7 Å². The van der Waals surface area contributed by atoms with E-state index in [2.05, 4.69) is 15.4 Å². The number of carbonyl (C=O) groups is 1. The maximum absolute atomic E-state index is 12.5. The number of aryl methyl sites for hydroxylation is 1. The van der Waals surface area contributed by atoms with Crippen molar-refractivity contribution >= 4 is 34.5 Å². The zero-order valence-corrected chi connectivity index (χ0v) is 20.3. The summed E-state index contributed by atoms with van der Waals surface area (Å²) in [6.45, 7) is 5.36. The molecule has 0 aromatic carbocycles. The van der Waals surface area contributed by atoms with Crippen molar-refractivity contribution in [2.24, 2.45) is 11.7 Å². The second kappa shape index (κ2) is 10.2. The molecule has 0 aliphatic carbocycles. The molecule has 0 unspecified atom stereocenters. The molecule has 0 bridgehead atoms. The molecule has 3 aromatic heterocycles. The summed E-state index contributed by atoms with van der Waals surface area (Å²) in [7, 11) is 0. The van der Waals surface area contributed by atoms with Gasteiger partial charge in [0.2, 0.25) is 11.9 Å². The van der Waals surface area contributed by atoms with Crippen LogP contribution in [0.15, 0.2) is 18.3 Å². The van der Waals surface area contributed by atoms with Crippen LogP contribution in [0.25, 0.3) is 11.0 Å². The van der Waals surface area contributed by atoms with E-state index in [0.717, 1.165) is 5.56 Å². The summed E-state index contributed by atoms with van der Waals surface area (Å²) in [5.41, 5.74) is 8.27. The highest BCUT2D eigenvalue weighted by molar-refractivity contribution is 5.91. The van der Waals surface area contributed by atoms with Crippen LogP contribution >= 0.6 is 0 Å². The molecule has 1 saturated heterocycles. The molecule has 1 amide bonds. The minimum Gasteiger partial charge on any atom is -0.370 e. The Labute approximate surface area is 206 Å². The molecule has 0 spiro atoms. The van der Waals surface area contributed by atoms with E-state index in [1.54, 1.807) is 16.9 Å². The monoisotopic (exact) mass is 506 g/mol. The number of pyridine rings is 1. The van der Waals surface area contributed by atoms with Gasteiger partial charge in [0, 0.05) is 19.3 Å². The third-order valence-corrected chi connectivity index (χ3v) is 5.89. The SMILES string of the molecule is Cc1ccc(Nc2nc(N3CC[C@@H](C(N)=O)C3)nc3c(C(C)C)nn(CCOCC(F)(F)F)c23)nc1. The summed E-state index contributed by atoms with van der Waals surface area (Å²) in [5.74, 6) is 0.678. The first-order valence-electron chi connectivity index (χ1n) is 11.7. The lowest BCUT2D eigenvalue weighted by molar-refractivity contribution is -0.174. The standard InChI is InChI=1S/C23H29F3N8O2/c1-13(2)17-18-19(34(32-17)8-9-36-12-23(24,25)26)21(29-16-5-4-14(3)10-28-16)31-22(30-18)33-7-6-15(11-33)20(27)35/h4-5,10,13,15H,6-9,11-12H2,1-3H3,(H2,27,35)(H,28,29,30,31)/t15-/m1/s1. The molecule has 13 heteroatoms. The minimum absolute atomic E-state index is 0.0186. The summed E-state index contributed by atoms with van der Waals surface area (Å²) < 4.78 is 44.0.